The molecule has 0 heterocycles. The van der Waals surface area contributed by atoms with Crippen LogP contribution in [0.4, 0.5) is 10.5 Å². The zero-order valence-corrected chi connectivity index (χ0v) is 12.9. The maximum absolute atomic E-state index is 11.8. The van der Waals surface area contributed by atoms with Gasteiger partial charge in [0.25, 0.3) is 0 Å². The Morgan fingerprint density at radius 2 is 1.90 bits per heavy atom. The Bertz CT molecular complexity index is 635. The molecule has 2 amide bonds. The number of carbonyl (C=O) groups is 1. The molecule has 21 heavy (non-hydrogen) atoms. The van der Waals surface area contributed by atoms with Crippen molar-refractivity contribution < 1.29 is 4.79 Å². The molecule has 0 atom stereocenters. The van der Waals surface area contributed by atoms with Crippen molar-refractivity contribution in [3.8, 4) is 0 Å². The Labute approximate surface area is 129 Å². The molecule has 0 aliphatic carbocycles. The topological polar surface area (TPSA) is 41.1 Å². The van der Waals surface area contributed by atoms with Crippen molar-refractivity contribution in [1.82, 2.24) is 5.32 Å². The minimum Gasteiger partial charge on any atom is -0.314 e. The van der Waals surface area contributed by atoms with Crippen molar-refractivity contribution in [1.29, 1.82) is 0 Å². The van der Waals surface area contributed by atoms with Crippen LogP contribution in [0.25, 0.3) is 6.08 Å². The Morgan fingerprint density at radius 3 is 2.62 bits per heavy atom. The fraction of sp³-hybridized carbons (Fsp3) is 0.118. The highest BCUT2D eigenvalue weighted by Gasteiger charge is 1.99. The average Bonchev–Trinajstić information content (AvgIpc) is 2.49. The smallest absolute Gasteiger partial charge is 0.314 e. The van der Waals surface area contributed by atoms with Crippen LogP contribution >= 0.6 is 11.8 Å². The van der Waals surface area contributed by atoms with Crippen molar-refractivity contribution in [2.75, 3.05) is 11.6 Å². The second-order valence-electron chi connectivity index (χ2n) is 4.57. The lowest BCUT2D eigenvalue weighted by Gasteiger charge is -2.05. The number of anilines is 1. The molecule has 0 aliphatic heterocycles. The van der Waals surface area contributed by atoms with Crippen molar-refractivity contribution in [2.24, 2.45) is 0 Å². The number of carbonyl (C=O) groups excluding carboxylic acids is 1. The molecule has 0 bridgehead atoms. The maximum Gasteiger partial charge on any atom is 0.323 e. The molecule has 0 spiro atoms. The number of rotatable bonds is 4. The monoisotopic (exact) mass is 298 g/mol. The van der Waals surface area contributed by atoms with E-state index in [1.165, 1.54) is 5.56 Å². The fourth-order valence-corrected chi connectivity index (χ4v) is 2.22. The third-order valence-electron chi connectivity index (χ3n) is 2.90. The molecule has 2 rings (SSSR count). The van der Waals surface area contributed by atoms with Gasteiger partial charge in [0.05, 0.1) is 0 Å². The van der Waals surface area contributed by atoms with E-state index in [0.29, 0.717) is 0 Å². The van der Waals surface area contributed by atoms with Gasteiger partial charge in [-0.05, 0) is 43.0 Å². The SMILES string of the molecule is CSc1cccc(NC(=O)N/C=C/c2ccc(C)cc2)c1. The van der Waals surface area contributed by atoms with Gasteiger partial charge in [-0.1, -0.05) is 35.9 Å². The number of nitrogens with one attached hydrogen (secondary N) is 2. The summed E-state index contributed by atoms with van der Waals surface area (Å²) in [6.07, 6.45) is 5.50. The van der Waals surface area contributed by atoms with Gasteiger partial charge in [0.15, 0.2) is 0 Å². The lowest BCUT2D eigenvalue weighted by molar-refractivity contribution is 0.255. The van der Waals surface area contributed by atoms with Gasteiger partial charge in [-0.25, -0.2) is 4.79 Å². The van der Waals surface area contributed by atoms with Gasteiger partial charge in [-0.2, -0.15) is 0 Å². The largest absolute Gasteiger partial charge is 0.323 e. The summed E-state index contributed by atoms with van der Waals surface area (Å²) in [4.78, 5) is 12.9. The van der Waals surface area contributed by atoms with E-state index < -0.39 is 0 Å². The average molecular weight is 298 g/mol. The molecule has 0 aliphatic rings. The summed E-state index contributed by atoms with van der Waals surface area (Å²) in [5.41, 5.74) is 3.04. The molecule has 0 saturated carbocycles. The molecule has 2 aromatic rings. The molecule has 0 radical (unpaired) electrons. The third-order valence-corrected chi connectivity index (χ3v) is 3.62. The normalized spacial score (nSPS) is 10.6. The number of amides is 2. The predicted molar refractivity (Wildman–Crippen MR) is 90.6 cm³/mol. The zero-order chi connectivity index (χ0) is 15.1. The second-order valence-corrected chi connectivity index (χ2v) is 5.45. The molecular formula is C17H18N2OS. The van der Waals surface area contributed by atoms with Gasteiger partial charge in [-0.15, -0.1) is 11.8 Å². The second kappa shape index (κ2) is 7.55. The maximum atomic E-state index is 11.8. The van der Waals surface area contributed by atoms with Crippen LogP contribution in [-0.4, -0.2) is 12.3 Å². The summed E-state index contributed by atoms with van der Waals surface area (Å²) in [5, 5.41) is 5.49. The predicted octanol–water partition coefficient (Wildman–Crippen LogP) is 4.51. The first-order valence-corrected chi connectivity index (χ1v) is 7.84. The summed E-state index contributed by atoms with van der Waals surface area (Å²) in [7, 11) is 0. The number of hydrogen-bond acceptors (Lipinski definition) is 2. The molecule has 2 aromatic carbocycles. The molecule has 4 heteroatoms. The van der Waals surface area contributed by atoms with Gasteiger partial charge in [-0.3, -0.25) is 0 Å². The van der Waals surface area contributed by atoms with E-state index in [0.717, 1.165) is 16.1 Å². The molecule has 3 nitrogen and oxygen atoms in total. The number of hydrogen-bond donors (Lipinski definition) is 2. The Morgan fingerprint density at radius 1 is 1.14 bits per heavy atom. The summed E-state index contributed by atoms with van der Waals surface area (Å²) in [6, 6.07) is 15.6. The summed E-state index contributed by atoms with van der Waals surface area (Å²) < 4.78 is 0. The molecule has 2 N–H and O–H groups in total. The minimum absolute atomic E-state index is 0.253. The van der Waals surface area contributed by atoms with E-state index in [1.54, 1.807) is 18.0 Å². The van der Waals surface area contributed by atoms with E-state index >= 15 is 0 Å². The van der Waals surface area contributed by atoms with Crippen molar-refractivity contribution in [2.45, 2.75) is 11.8 Å². The third kappa shape index (κ3) is 5.00. The quantitative estimate of drug-likeness (QED) is 0.815. The summed E-state index contributed by atoms with van der Waals surface area (Å²) in [5.74, 6) is 0. The molecule has 0 fully saturated rings. The van der Waals surface area contributed by atoms with Gasteiger partial charge < -0.3 is 10.6 Å². The lowest BCUT2D eigenvalue weighted by Crippen LogP contribution is -2.23. The number of thioether (sulfide) groups is 1. The van der Waals surface area contributed by atoms with Crippen molar-refractivity contribution >= 4 is 29.6 Å². The number of benzene rings is 2. The van der Waals surface area contributed by atoms with E-state index in [2.05, 4.69) is 10.6 Å². The van der Waals surface area contributed by atoms with Crippen LogP contribution in [0.5, 0.6) is 0 Å². The molecule has 0 saturated heterocycles. The first-order valence-electron chi connectivity index (χ1n) is 6.62. The van der Waals surface area contributed by atoms with Crippen LogP contribution in [-0.2, 0) is 0 Å². The van der Waals surface area contributed by atoms with E-state index in [1.807, 2.05) is 67.8 Å². The van der Waals surface area contributed by atoms with Crippen LogP contribution in [0.15, 0.2) is 59.6 Å². The van der Waals surface area contributed by atoms with Crippen LogP contribution in [0.2, 0.25) is 0 Å². The first kappa shape index (κ1) is 15.2. The standard InChI is InChI=1S/C17H18N2OS/c1-13-6-8-14(9-7-13)10-11-18-17(20)19-15-4-3-5-16(12-15)21-2/h3-12H,1-2H3,(H2,18,19,20)/b11-10+. The van der Waals surface area contributed by atoms with Crippen molar-refractivity contribution in [3.63, 3.8) is 0 Å². The fourth-order valence-electron chi connectivity index (χ4n) is 1.76. The number of aryl methyl sites for hydroxylation is 1. The van der Waals surface area contributed by atoms with Crippen LogP contribution < -0.4 is 10.6 Å². The number of urea groups is 1. The summed E-state index contributed by atoms with van der Waals surface area (Å²) >= 11 is 1.64. The Balaban J connectivity index is 1.88. The zero-order valence-electron chi connectivity index (χ0n) is 12.1. The van der Waals surface area contributed by atoms with E-state index in [9.17, 15) is 4.79 Å². The van der Waals surface area contributed by atoms with Gasteiger partial charge >= 0.3 is 6.03 Å². The van der Waals surface area contributed by atoms with Gasteiger partial charge in [0, 0.05) is 16.8 Å². The lowest BCUT2D eigenvalue weighted by atomic mass is 10.1. The Hall–Kier alpha value is -2.20. The molecule has 108 valence electrons. The Kier molecular flexibility index (Phi) is 5.46. The van der Waals surface area contributed by atoms with Crippen molar-refractivity contribution in [3.05, 3.63) is 65.9 Å². The highest BCUT2D eigenvalue weighted by molar-refractivity contribution is 7.98. The van der Waals surface area contributed by atoms with Crippen LogP contribution in [0, 0.1) is 6.92 Å². The summed E-state index contributed by atoms with van der Waals surface area (Å²) in [6.45, 7) is 2.04. The van der Waals surface area contributed by atoms with E-state index in [4.69, 9.17) is 0 Å². The van der Waals surface area contributed by atoms with Crippen LogP contribution in [0.1, 0.15) is 11.1 Å². The van der Waals surface area contributed by atoms with Gasteiger partial charge in [0.1, 0.15) is 0 Å². The minimum atomic E-state index is -0.253. The highest BCUT2D eigenvalue weighted by Crippen LogP contribution is 2.18. The molecule has 0 aromatic heterocycles. The highest BCUT2D eigenvalue weighted by atomic mass is 32.2. The van der Waals surface area contributed by atoms with Crippen LogP contribution in [0.3, 0.4) is 0 Å². The van der Waals surface area contributed by atoms with E-state index in [-0.39, 0.29) is 6.03 Å². The first-order chi connectivity index (χ1) is 10.2. The molecule has 0 unspecified atom stereocenters. The molecular weight excluding hydrogens is 280 g/mol. The van der Waals surface area contributed by atoms with Gasteiger partial charge in [0.2, 0.25) is 0 Å².